The van der Waals surface area contributed by atoms with Gasteiger partial charge in [0.25, 0.3) is 22.0 Å². The molecule has 0 radical (unpaired) electrons. The highest BCUT2D eigenvalue weighted by Gasteiger charge is 2.34. The van der Waals surface area contributed by atoms with Crippen molar-refractivity contribution in [2.75, 3.05) is 12.5 Å². The third-order valence-corrected chi connectivity index (χ3v) is 6.80. The van der Waals surface area contributed by atoms with E-state index in [4.69, 9.17) is 4.28 Å². The Balaban J connectivity index is 2.05. The molecule has 0 bridgehead atoms. The average molecular weight is 514 g/mol. The maximum absolute atomic E-state index is 12.9. The number of benzene rings is 3. The summed E-state index contributed by atoms with van der Waals surface area (Å²) in [5.41, 5.74) is -1.75. The molecular weight excluding hydrogens is 496 g/mol. The molecule has 0 aromatic heterocycles. The van der Waals surface area contributed by atoms with Gasteiger partial charge in [-0.05, 0) is 29.3 Å². The van der Waals surface area contributed by atoms with Crippen LogP contribution in [0.25, 0.3) is 11.0 Å². The van der Waals surface area contributed by atoms with Crippen molar-refractivity contribution >= 4 is 44.0 Å². The average Bonchev–Trinajstić information content (AvgIpc) is 2.82. The lowest BCUT2D eigenvalue weighted by Gasteiger charge is -2.27. The third-order valence-electron chi connectivity index (χ3n) is 4.88. The summed E-state index contributed by atoms with van der Waals surface area (Å²) in [6.07, 6.45) is 4.88. The monoisotopic (exact) mass is 514 g/mol. The third kappa shape index (κ3) is 5.61. The van der Waals surface area contributed by atoms with Crippen LogP contribution in [0.2, 0.25) is 0 Å². The molecule has 0 heterocycles. The first kappa shape index (κ1) is 25.8. The molecule has 0 spiro atoms. The second-order valence-electron chi connectivity index (χ2n) is 7.62. The topological polar surface area (TPSA) is 182 Å². The van der Waals surface area contributed by atoms with E-state index in [0.717, 1.165) is 0 Å². The van der Waals surface area contributed by atoms with Gasteiger partial charge >= 0.3 is 5.69 Å². The first-order valence-corrected chi connectivity index (χ1v) is 12.3. The van der Waals surface area contributed by atoms with E-state index in [1.165, 1.54) is 24.3 Å². The van der Waals surface area contributed by atoms with Crippen LogP contribution in [-0.2, 0) is 4.28 Å². The zero-order chi connectivity index (χ0) is 26.6. The molecule has 0 aliphatic heterocycles. The van der Waals surface area contributed by atoms with Gasteiger partial charge in [-0.15, -0.1) is 0 Å². The Kier molecular flexibility index (Phi) is 7.29. The second kappa shape index (κ2) is 10.2. The van der Waals surface area contributed by atoms with Crippen LogP contribution in [0, 0.1) is 35.3 Å². The van der Waals surface area contributed by atoms with E-state index >= 15 is 0 Å². The molecule has 0 amide bonds. The number of nitro benzene ring substituents is 3. The van der Waals surface area contributed by atoms with Gasteiger partial charge in [-0.1, -0.05) is 30.3 Å². The summed E-state index contributed by atoms with van der Waals surface area (Å²) in [5.74, 6) is -1.43. The molecule has 13 nitrogen and oxygen atoms in total. The van der Waals surface area contributed by atoms with E-state index < -0.39 is 47.9 Å². The summed E-state index contributed by atoms with van der Waals surface area (Å²) < 4.78 is 5.62. The SMILES string of the molecule is CS(C)(O[N+](=O)c1cc([N+](=O)[O-])c([O-])c([N+](=O)[O-])c1)/C(=C/c1ccc([N+](=O)[O-])cc1)c1ccccc1. The molecule has 0 saturated carbocycles. The number of nitro groups is 3. The highest BCUT2D eigenvalue weighted by atomic mass is 32.3. The van der Waals surface area contributed by atoms with Crippen molar-refractivity contribution < 1.29 is 29.1 Å². The normalized spacial score (nSPS) is 12.0. The summed E-state index contributed by atoms with van der Waals surface area (Å²) >= 11 is 0. The predicted octanol–water partition coefficient (Wildman–Crippen LogP) is 5.00. The van der Waals surface area contributed by atoms with E-state index in [1.54, 1.807) is 48.9 Å². The maximum atomic E-state index is 12.9. The molecule has 186 valence electrons. The van der Waals surface area contributed by atoms with Crippen LogP contribution in [-0.4, -0.2) is 32.2 Å². The smallest absolute Gasteiger partial charge is 0.331 e. The van der Waals surface area contributed by atoms with Crippen LogP contribution in [0.4, 0.5) is 22.7 Å². The molecule has 0 N–H and O–H groups in total. The summed E-state index contributed by atoms with van der Waals surface area (Å²) in [7, 11) is -2.50. The number of hydrogen-bond acceptors (Lipinski definition) is 9. The van der Waals surface area contributed by atoms with E-state index in [-0.39, 0.29) is 10.6 Å². The molecule has 0 unspecified atom stereocenters. The van der Waals surface area contributed by atoms with Gasteiger partial charge < -0.3 is 5.11 Å². The van der Waals surface area contributed by atoms with Gasteiger partial charge in [0, 0.05) is 39.9 Å². The minimum Gasteiger partial charge on any atom is -0.863 e. The van der Waals surface area contributed by atoms with Crippen molar-refractivity contribution in [3.8, 4) is 5.75 Å². The van der Waals surface area contributed by atoms with Crippen molar-refractivity contribution in [1.29, 1.82) is 0 Å². The van der Waals surface area contributed by atoms with Gasteiger partial charge in [0.15, 0.2) is 0 Å². The van der Waals surface area contributed by atoms with Crippen LogP contribution in [0.15, 0.2) is 66.7 Å². The Labute approximate surface area is 204 Å². The zero-order valence-electron chi connectivity index (χ0n) is 18.8. The fraction of sp³-hybridized carbons (Fsp3) is 0.0909. The highest BCUT2D eigenvalue weighted by Crippen LogP contribution is 2.56. The van der Waals surface area contributed by atoms with Gasteiger partial charge in [-0.2, -0.15) is 4.28 Å². The summed E-state index contributed by atoms with van der Waals surface area (Å²) in [5, 5.41) is 45.3. The standard InChI is InChI=1S/C22H18N4O9S/c1-36(2,35-26(34)18-13-19(24(30)31)22(27)20(14-18)25(32)33)21(16-6-4-3-5-7-16)12-15-8-10-17(11-9-15)23(28)29/h3-14H,1-2H3/b21-12+. The van der Waals surface area contributed by atoms with Crippen molar-refractivity contribution in [2.24, 2.45) is 0 Å². The number of rotatable bonds is 9. The molecule has 3 aromatic carbocycles. The van der Waals surface area contributed by atoms with Gasteiger partial charge in [0.05, 0.1) is 37.6 Å². The maximum Gasteiger partial charge on any atom is 0.331 e. The molecule has 0 saturated heterocycles. The van der Waals surface area contributed by atoms with Crippen molar-refractivity contribution in [3.05, 3.63) is 113 Å². The van der Waals surface area contributed by atoms with Crippen molar-refractivity contribution in [3.63, 3.8) is 0 Å². The molecule has 14 heteroatoms. The van der Waals surface area contributed by atoms with Gasteiger partial charge in [-0.3, -0.25) is 30.3 Å². The number of nitrogens with zero attached hydrogens (tertiary/aromatic N) is 4. The van der Waals surface area contributed by atoms with E-state index in [2.05, 4.69) is 0 Å². The van der Waals surface area contributed by atoms with Crippen molar-refractivity contribution in [1.82, 2.24) is 0 Å². The van der Waals surface area contributed by atoms with Crippen LogP contribution >= 0.6 is 10.3 Å². The van der Waals surface area contributed by atoms with Gasteiger partial charge in [-0.25, -0.2) is 0 Å². The molecule has 0 aliphatic carbocycles. The lowest BCUT2D eigenvalue weighted by Crippen LogP contribution is -2.11. The molecule has 0 aliphatic rings. The fourth-order valence-corrected chi connectivity index (χ4v) is 4.80. The molecular formula is C22H18N4O9S. The largest absolute Gasteiger partial charge is 0.863 e. The molecule has 0 atom stereocenters. The minimum absolute atomic E-state index is 0.0958. The van der Waals surface area contributed by atoms with Crippen LogP contribution in [0.3, 0.4) is 0 Å². The van der Waals surface area contributed by atoms with Gasteiger partial charge in [0.2, 0.25) is 0 Å². The van der Waals surface area contributed by atoms with E-state index in [9.17, 15) is 40.4 Å². The summed E-state index contributed by atoms with van der Waals surface area (Å²) in [4.78, 5) is 43.9. The Hall–Kier alpha value is -4.85. The Bertz CT molecular complexity index is 1360. The predicted molar refractivity (Wildman–Crippen MR) is 130 cm³/mol. The lowest BCUT2D eigenvalue weighted by atomic mass is 10.1. The van der Waals surface area contributed by atoms with Gasteiger partial charge in [0.1, 0.15) is 0 Å². The highest BCUT2D eigenvalue weighted by molar-refractivity contribution is 8.36. The molecule has 3 aromatic rings. The zero-order valence-corrected chi connectivity index (χ0v) is 19.6. The quantitative estimate of drug-likeness (QED) is 0.215. The first-order valence-electron chi connectivity index (χ1n) is 9.96. The lowest BCUT2D eigenvalue weighted by molar-refractivity contribution is -0.696. The first-order chi connectivity index (χ1) is 16.9. The van der Waals surface area contributed by atoms with Crippen LogP contribution < -0.4 is 5.11 Å². The van der Waals surface area contributed by atoms with Crippen molar-refractivity contribution in [2.45, 2.75) is 0 Å². The second-order valence-corrected chi connectivity index (χ2v) is 10.7. The summed E-state index contributed by atoms with van der Waals surface area (Å²) in [6.45, 7) is 0. The fourth-order valence-electron chi connectivity index (χ4n) is 3.17. The molecule has 3 rings (SSSR count). The minimum atomic E-state index is -2.50. The van der Waals surface area contributed by atoms with E-state index in [0.29, 0.717) is 28.2 Å². The molecule has 36 heavy (non-hydrogen) atoms. The summed E-state index contributed by atoms with van der Waals surface area (Å²) in [6, 6.07) is 15.7. The Morgan fingerprint density at radius 3 is 1.78 bits per heavy atom. The van der Waals surface area contributed by atoms with Crippen LogP contribution in [0.1, 0.15) is 11.1 Å². The number of non-ortho nitro benzene ring substituents is 1. The van der Waals surface area contributed by atoms with E-state index in [1.807, 2.05) is 0 Å². The molecule has 0 fully saturated rings. The Morgan fingerprint density at radius 2 is 1.31 bits per heavy atom. The van der Waals surface area contributed by atoms with Crippen LogP contribution in [0.5, 0.6) is 5.75 Å². The Morgan fingerprint density at radius 1 is 0.778 bits per heavy atom. The number of hydrogen-bond donors (Lipinski definition) is 0.